The second-order valence-corrected chi connectivity index (χ2v) is 7.58. The van der Waals surface area contributed by atoms with Crippen LogP contribution in [0, 0.1) is 5.92 Å². The van der Waals surface area contributed by atoms with Gasteiger partial charge in [0.2, 0.25) is 5.91 Å². The van der Waals surface area contributed by atoms with E-state index in [1.165, 1.54) is 5.69 Å². The van der Waals surface area contributed by atoms with Gasteiger partial charge in [-0.25, -0.2) is 0 Å². The van der Waals surface area contributed by atoms with E-state index >= 15 is 0 Å². The van der Waals surface area contributed by atoms with Crippen LogP contribution in [0.25, 0.3) is 0 Å². The van der Waals surface area contributed by atoms with Gasteiger partial charge in [-0.05, 0) is 37.1 Å². The highest BCUT2D eigenvalue weighted by molar-refractivity contribution is 5.79. The Morgan fingerprint density at radius 2 is 1.46 bits per heavy atom. The summed E-state index contributed by atoms with van der Waals surface area (Å²) in [5, 5.41) is 0. The molecule has 4 rings (SSSR count). The molecule has 0 N–H and O–H groups in total. The van der Waals surface area contributed by atoms with Gasteiger partial charge >= 0.3 is 0 Å². The molecular weight excluding hydrogens is 350 g/mol. The summed E-state index contributed by atoms with van der Waals surface area (Å²) < 4.78 is 5.49. The number of carbonyl (C=O) groups excluding carboxylic acids is 1. The van der Waals surface area contributed by atoms with Gasteiger partial charge in [-0.2, -0.15) is 0 Å². The predicted molar refractivity (Wildman–Crippen MR) is 113 cm³/mol. The van der Waals surface area contributed by atoms with Crippen molar-refractivity contribution in [3.8, 4) is 5.75 Å². The molecule has 2 aromatic rings. The molecule has 0 atom stereocenters. The van der Waals surface area contributed by atoms with Crippen molar-refractivity contribution in [1.29, 1.82) is 0 Å². The van der Waals surface area contributed by atoms with E-state index in [0.717, 1.165) is 63.5 Å². The van der Waals surface area contributed by atoms with Gasteiger partial charge in [0, 0.05) is 50.9 Å². The molecule has 0 radical (unpaired) electrons. The van der Waals surface area contributed by atoms with Crippen LogP contribution < -0.4 is 14.5 Å². The molecule has 5 heteroatoms. The van der Waals surface area contributed by atoms with Crippen LogP contribution in [0.5, 0.6) is 5.75 Å². The quantitative estimate of drug-likeness (QED) is 0.817. The number of methoxy groups -OCH3 is 1. The molecular formula is C23H29N3O2. The highest BCUT2D eigenvalue weighted by atomic mass is 16.5. The second kappa shape index (κ2) is 8.55. The van der Waals surface area contributed by atoms with E-state index in [0.29, 0.717) is 5.91 Å². The molecule has 0 saturated carbocycles. The van der Waals surface area contributed by atoms with Gasteiger partial charge in [-0.15, -0.1) is 0 Å². The minimum Gasteiger partial charge on any atom is -0.495 e. The highest BCUT2D eigenvalue weighted by Crippen LogP contribution is 2.29. The van der Waals surface area contributed by atoms with Crippen LogP contribution >= 0.6 is 0 Å². The standard InChI is InChI=1S/C23H29N3O2/c1-28-22-10-6-5-9-21(22)25-15-17-26(18-16-25)23(27)19-11-13-24(14-12-19)20-7-3-2-4-8-20/h2-10,19H,11-18H2,1H3. The van der Waals surface area contributed by atoms with Crippen molar-refractivity contribution in [2.24, 2.45) is 5.92 Å². The molecule has 0 aliphatic carbocycles. The Morgan fingerprint density at radius 1 is 0.821 bits per heavy atom. The number of rotatable bonds is 4. The van der Waals surface area contributed by atoms with Crippen LogP contribution in [0.2, 0.25) is 0 Å². The fourth-order valence-electron chi connectivity index (χ4n) is 4.34. The average molecular weight is 380 g/mol. The van der Waals surface area contributed by atoms with E-state index in [1.54, 1.807) is 7.11 Å². The molecule has 0 spiro atoms. The summed E-state index contributed by atoms with van der Waals surface area (Å²) >= 11 is 0. The lowest BCUT2D eigenvalue weighted by Gasteiger charge is -2.40. The normalized spacial score (nSPS) is 18.2. The second-order valence-electron chi connectivity index (χ2n) is 7.58. The number of piperidine rings is 1. The van der Waals surface area contributed by atoms with Crippen LogP contribution in [0.4, 0.5) is 11.4 Å². The van der Waals surface area contributed by atoms with Gasteiger partial charge in [0.05, 0.1) is 12.8 Å². The summed E-state index contributed by atoms with van der Waals surface area (Å²) in [6.07, 6.45) is 1.89. The maximum absolute atomic E-state index is 13.0. The van der Waals surface area contributed by atoms with E-state index in [9.17, 15) is 4.79 Å². The van der Waals surface area contributed by atoms with Crippen LogP contribution in [-0.4, -0.2) is 57.2 Å². The van der Waals surface area contributed by atoms with Crippen LogP contribution in [0.1, 0.15) is 12.8 Å². The topological polar surface area (TPSA) is 36.0 Å². The van der Waals surface area contributed by atoms with E-state index in [2.05, 4.69) is 45.0 Å². The summed E-state index contributed by atoms with van der Waals surface area (Å²) in [4.78, 5) is 19.8. The number of nitrogens with zero attached hydrogens (tertiary/aromatic N) is 3. The van der Waals surface area contributed by atoms with Gasteiger partial charge in [0.1, 0.15) is 5.75 Å². The Hall–Kier alpha value is -2.69. The number of para-hydroxylation sites is 3. The van der Waals surface area contributed by atoms with Crippen molar-refractivity contribution < 1.29 is 9.53 Å². The number of hydrogen-bond donors (Lipinski definition) is 0. The monoisotopic (exact) mass is 379 g/mol. The Labute approximate surface area is 167 Å². The molecule has 1 amide bonds. The number of ether oxygens (including phenoxy) is 1. The van der Waals surface area contributed by atoms with Crippen molar-refractivity contribution in [1.82, 2.24) is 4.90 Å². The minimum absolute atomic E-state index is 0.165. The molecule has 28 heavy (non-hydrogen) atoms. The first-order chi connectivity index (χ1) is 13.8. The number of amides is 1. The number of piperazine rings is 1. The molecule has 2 heterocycles. The van der Waals surface area contributed by atoms with E-state index in [4.69, 9.17) is 4.74 Å². The maximum atomic E-state index is 13.0. The van der Waals surface area contributed by atoms with Crippen LogP contribution in [0.3, 0.4) is 0 Å². The average Bonchev–Trinajstić information content (AvgIpc) is 2.79. The number of carbonyl (C=O) groups is 1. The summed E-state index contributed by atoms with van der Waals surface area (Å²) in [6, 6.07) is 18.6. The van der Waals surface area contributed by atoms with Gasteiger partial charge in [-0.1, -0.05) is 30.3 Å². The van der Waals surface area contributed by atoms with Crippen LogP contribution in [-0.2, 0) is 4.79 Å². The molecule has 0 bridgehead atoms. The fraction of sp³-hybridized carbons (Fsp3) is 0.435. The van der Waals surface area contributed by atoms with E-state index < -0.39 is 0 Å². The third-order valence-electron chi connectivity index (χ3n) is 5.98. The van der Waals surface area contributed by atoms with E-state index in [1.807, 2.05) is 24.3 Å². The summed E-state index contributed by atoms with van der Waals surface area (Å²) in [6.45, 7) is 5.21. The molecule has 2 fully saturated rings. The zero-order valence-electron chi connectivity index (χ0n) is 16.6. The zero-order valence-corrected chi connectivity index (χ0v) is 16.6. The summed E-state index contributed by atoms with van der Waals surface area (Å²) in [5.74, 6) is 1.40. The third-order valence-corrected chi connectivity index (χ3v) is 5.98. The molecule has 2 saturated heterocycles. The fourth-order valence-corrected chi connectivity index (χ4v) is 4.34. The number of anilines is 2. The minimum atomic E-state index is 0.165. The van der Waals surface area contributed by atoms with Gasteiger partial charge in [0.15, 0.2) is 0 Å². The van der Waals surface area contributed by atoms with Crippen molar-refractivity contribution in [3.05, 3.63) is 54.6 Å². The highest BCUT2D eigenvalue weighted by Gasteiger charge is 2.30. The Bertz CT molecular complexity index is 779. The van der Waals surface area contributed by atoms with Crippen molar-refractivity contribution >= 4 is 17.3 Å². The molecule has 2 aliphatic rings. The summed E-state index contributed by atoms with van der Waals surface area (Å²) in [7, 11) is 1.71. The molecule has 2 aliphatic heterocycles. The number of hydrogen-bond acceptors (Lipinski definition) is 4. The molecule has 0 unspecified atom stereocenters. The van der Waals surface area contributed by atoms with Gasteiger partial charge in [-0.3, -0.25) is 4.79 Å². The van der Waals surface area contributed by atoms with Crippen molar-refractivity contribution in [2.45, 2.75) is 12.8 Å². The lowest BCUT2D eigenvalue weighted by Crippen LogP contribution is -2.51. The summed E-state index contributed by atoms with van der Waals surface area (Å²) in [5.41, 5.74) is 2.38. The molecule has 0 aromatic heterocycles. The SMILES string of the molecule is COc1ccccc1N1CCN(C(=O)C2CCN(c3ccccc3)CC2)CC1. The van der Waals surface area contributed by atoms with Gasteiger partial charge in [0.25, 0.3) is 0 Å². The predicted octanol–water partition coefficient (Wildman–Crippen LogP) is 3.26. The van der Waals surface area contributed by atoms with Crippen LogP contribution in [0.15, 0.2) is 54.6 Å². The van der Waals surface area contributed by atoms with E-state index in [-0.39, 0.29) is 5.92 Å². The molecule has 2 aromatic carbocycles. The Kier molecular flexibility index (Phi) is 5.70. The number of benzene rings is 2. The third kappa shape index (κ3) is 3.93. The first-order valence-electron chi connectivity index (χ1n) is 10.2. The molecule has 5 nitrogen and oxygen atoms in total. The smallest absolute Gasteiger partial charge is 0.225 e. The Balaban J connectivity index is 1.30. The lowest BCUT2D eigenvalue weighted by molar-refractivity contribution is -0.136. The first kappa shape index (κ1) is 18.7. The van der Waals surface area contributed by atoms with Gasteiger partial charge < -0.3 is 19.4 Å². The Morgan fingerprint density at radius 3 is 2.14 bits per heavy atom. The first-order valence-corrected chi connectivity index (χ1v) is 10.2. The molecule has 148 valence electrons. The maximum Gasteiger partial charge on any atom is 0.225 e. The van der Waals surface area contributed by atoms with Crippen molar-refractivity contribution in [2.75, 3.05) is 56.2 Å². The lowest BCUT2D eigenvalue weighted by atomic mass is 9.94. The van der Waals surface area contributed by atoms with Crippen molar-refractivity contribution in [3.63, 3.8) is 0 Å². The zero-order chi connectivity index (χ0) is 19.3. The largest absolute Gasteiger partial charge is 0.495 e.